The summed E-state index contributed by atoms with van der Waals surface area (Å²) >= 11 is 1.46. The third-order valence-electron chi connectivity index (χ3n) is 7.83. The van der Waals surface area contributed by atoms with Crippen molar-refractivity contribution in [1.82, 2.24) is 10.3 Å². The second kappa shape index (κ2) is 10.5. The van der Waals surface area contributed by atoms with E-state index in [4.69, 9.17) is 4.98 Å². The van der Waals surface area contributed by atoms with E-state index < -0.39 is 11.8 Å². The van der Waals surface area contributed by atoms with E-state index in [1.807, 2.05) is 0 Å². The third kappa shape index (κ3) is 5.68. The molecule has 6 heteroatoms. The quantitative estimate of drug-likeness (QED) is 0.334. The molecule has 4 saturated carbocycles. The van der Waals surface area contributed by atoms with Crippen molar-refractivity contribution in [2.24, 2.45) is 17.8 Å². The van der Waals surface area contributed by atoms with Crippen molar-refractivity contribution in [2.75, 3.05) is 11.9 Å². The number of nitrogens with zero attached hydrogens (tertiary/aromatic N) is 1. The lowest BCUT2D eigenvalue weighted by Crippen LogP contribution is -2.48. The molecule has 4 fully saturated rings. The number of aromatic nitrogens is 1. The van der Waals surface area contributed by atoms with Gasteiger partial charge in [0.15, 0.2) is 5.13 Å². The molecular formula is C25H39N3O2S. The number of nitrogens with one attached hydrogen (secondary N) is 2. The van der Waals surface area contributed by atoms with Crippen molar-refractivity contribution in [2.45, 2.75) is 102 Å². The van der Waals surface area contributed by atoms with E-state index >= 15 is 0 Å². The van der Waals surface area contributed by atoms with E-state index in [1.165, 1.54) is 88.4 Å². The first-order valence-electron chi connectivity index (χ1n) is 12.6. The van der Waals surface area contributed by atoms with Crippen LogP contribution in [-0.2, 0) is 15.0 Å². The molecule has 0 aromatic carbocycles. The molecule has 4 bridgehead atoms. The number of amides is 2. The number of anilines is 1. The van der Waals surface area contributed by atoms with E-state index in [0.29, 0.717) is 11.7 Å². The molecule has 0 atom stereocenters. The number of carbonyl (C=O) groups excluding carboxylic acids is 2. The number of thiazole rings is 1. The Balaban J connectivity index is 1.17. The van der Waals surface area contributed by atoms with Crippen LogP contribution in [-0.4, -0.2) is 23.3 Å². The predicted octanol–water partition coefficient (Wildman–Crippen LogP) is 5.81. The lowest BCUT2D eigenvalue weighted by Gasteiger charge is -2.56. The maximum Gasteiger partial charge on any atom is 0.315 e. The van der Waals surface area contributed by atoms with Gasteiger partial charge in [-0.1, -0.05) is 51.9 Å². The third-order valence-corrected chi connectivity index (χ3v) is 8.59. The molecule has 4 aliphatic rings. The lowest BCUT2D eigenvalue weighted by molar-refractivity contribution is -0.136. The number of hydrogen-bond acceptors (Lipinski definition) is 4. The van der Waals surface area contributed by atoms with Gasteiger partial charge < -0.3 is 5.32 Å². The van der Waals surface area contributed by atoms with Gasteiger partial charge in [-0.2, -0.15) is 0 Å². The van der Waals surface area contributed by atoms with Gasteiger partial charge in [0.25, 0.3) is 0 Å². The Bertz CT molecular complexity index is 724. The molecule has 0 unspecified atom stereocenters. The van der Waals surface area contributed by atoms with Crippen LogP contribution in [0.5, 0.6) is 0 Å². The van der Waals surface area contributed by atoms with Crippen LogP contribution >= 0.6 is 11.3 Å². The molecule has 5 nitrogen and oxygen atoms in total. The summed E-state index contributed by atoms with van der Waals surface area (Å²) in [5.41, 5.74) is 1.39. The Kier molecular flexibility index (Phi) is 7.68. The van der Waals surface area contributed by atoms with Crippen molar-refractivity contribution >= 4 is 28.3 Å². The van der Waals surface area contributed by atoms with Crippen LogP contribution in [0.4, 0.5) is 5.13 Å². The fraction of sp³-hybridized carbons (Fsp3) is 0.800. The van der Waals surface area contributed by atoms with Crippen LogP contribution in [0.2, 0.25) is 0 Å². The van der Waals surface area contributed by atoms with Crippen LogP contribution in [0.25, 0.3) is 0 Å². The van der Waals surface area contributed by atoms with Crippen molar-refractivity contribution < 1.29 is 9.59 Å². The van der Waals surface area contributed by atoms with Crippen LogP contribution < -0.4 is 10.6 Å². The van der Waals surface area contributed by atoms with E-state index in [9.17, 15) is 9.59 Å². The molecular weight excluding hydrogens is 406 g/mol. The average Bonchev–Trinajstić information content (AvgIpc) is 3.21. The maximum atomic E-state index is 12.3. The van der Waals surface area contributed by atoms with Gasteiger partial charge in [0, 0.05) is 17.3 Å². The molecule has 2 amide bonds. The standard InChI is InChI=1S/C25H39N3O2S/c1-2-3-4-5-6-7-8-9-10-26-22(29)23(30)28-24-27-21(17-31-24)25-14-18-11-19(15-25)13-20(12-18)16-25/h17-20H,2-16H2,1H3,(H,26,29)(H,27,28,30). The van der Waals surface area contributed by atoms with Gasteiger partial charge in [0.05, 0.1) is 5.69 Å². The minimum atomic E-state index is -0.592. The number of hydrogen-bond donors (Lipinski definition) is 2. The van der Waals surface area contributed by atoms with Crippen molar-refractivity contribution in [3.8, 4) is 0 Å². The largest absolute Gasteiger partial charge is 0.348 e. The Hall–Kier alpha value is -1.43. The Labute approximate surface area is 191 Å². The fourth-order valence-electron chi connectivity index (χ4n) is 6.69. The highest BCUT2D eigenvalue weighted by Gasteiger charge is 2.52. The first-order chi connectivity index (χ1) is 15.1. The topological polar surface area (TPSA) is 71.1 Å². The minimum Gasteiger partial charge on any atom is -0.348 e. The second-order valence-corrected chi connectivity index (χ2v) is 11.3. The maximum absolute atomic E-state index is 12.3. The number of carbonyl (C=O) groups is 2. The zero-order valence-electron chi connectivity index (χ0n) is 19.1. The zero-order valence-corrected chi connectivity index (χ0v) is 19.9. The van der Waals surface area contributed by atoms with Gasteiger partial charge in [0.1, 0.15) is 0 Å². The number of rotatable bonds is 11. The molecule has 172 valence electrons. The smallest absolute Gasteiger partial charge is 0.315 e. The molecule has 1 heterocycles. The molecule has 31 heavy (non-hydrogen) atoms. The van der Waals surface area contributed by atoms with E-state index in [2.05, 4.69) is 22.9 Å². The average molecular weight is 446 g/mol. The van der Waals surface area contributed by atoms with Crippen LogP contribution in [0.3, 0.4) is 0 Å². The second-order valence-electron chi connectivity index (χ2n) is 10.4. The van der Waals surface area contributed by atoms with Gasteiger partial charge in [0.2, 0.25) is 0 Å². The van der Waals surface area contributed by atoms with E-state index in [1.54, 1.807) is 0 Å². The summed E-state index contributed by atoms with van der Waals surface area (Å²) in [7, 11) is 0. The molecule has 2 N–H and O–H groups in total. The van der Waals surface area contributed by atoms with Crippen molar-refractivity contribution in [1.29, 1.82) is 0 Å². The summed E-state index contributed by atoms with van der Waals surface area (Å²) in [6.07, 6.45) is 17.8. The highest BCUT2D eigenvalue weighted by molar-refractivity contribution is 7.14. The Morgan fingerprint density at radius 1 is 0.935 bits per heavy atom. The highest BCUT2D eigenvalue weighted by Crippen LogP contribution is 2.60. The monoisotopic (exact) mass is 445 g/mol. The number of unbranched alkanes of at least 4 members (excludes halogenated alkanes) is 7. The van der Waals surface area contributed by atoms with Gasteiger partial charge in [-0.3, -0.25) is 14.9 Å². The SMILES string of the molecule is CCCCCCCCCCNC(=O)C(=O)Nc1nc(C23CC4CC(CC(C4)C2)C3)cs1. The van der Waals surface area contributed by atoms with Gasteiger partial charge in [-0.15, -0.1) is 11.3 Å². The fourth-order valence-corrected chi connectivity index (χ4v) is 7.52. The van der Waals surface area contributed by atoms with Crippen molar-refractivity contribution in [3.63, 3.8) is 0 Å². The zero-order chi connectivity index (χ0) is 21.7. The van der Waals surface area contributed by atoms with Crippen LogP contribution in [0, 0.1) is 17.8 Å². The minimum absolute atomic E-state index is 0.229. The summed E-state index contributed by atoms with van der Waals surface area (Å²) in [6, 6.07) is 0. The molecule has 1 aromatic rings. The van der Waals surface area contributed by atoms with Gasteiger partial charge in [-0.25, -0.2) is 4.98 Å². The summed E-state index contributed by atoms with van der Waals surface area (Å²) in [5.74, 6) is 1.47. The molecule has 0 radical (unpaired) electrons. The van der Waals surface area contributed by atoms with Gasteiger partial charge in [-0.05, 0) is 62.7 Å². The first kappa shape index (κ1) is 22.8. The van der Waals surface area contributed by atoms with E-state index in [-0.39, 0.29) is 5.41 Å². The summed E-state index contributed by atoms with van der Waals surface area (Å²) < 4.78 is 0. The molecule has 0 aliphatic heterocycles. The molecule has 4 aliphatic carbocycles. The molecule has 0 spiro atoms. The van der Waals surface area contributed by atoms with Crippen LogP contribution in [0.15, 0.2) is 5.38 Å². The highest BCUT2D eigenvalue weighted by atomic mass is 32.1. The summed E-state index contributed by atoms with van der Waals surface area (Å²) in [5, 5.41) is 8.18. The lowest BCUT2D eigenvalue weighted by atomic mass is 9.49. The Morgan fingerprint density at radius 2 is 1.52 bits per heavy atom. The van der Waals surface area contributed by atoms with E-state index in [0.717, 1.165) is 36.3 Å². The first-order valence-corrected chi connectivity index (χ1v) is 13.5. The van der Waals surface area contributed by atoms with Crippen LogP contribution in [0.1, 0.15) is 103 Å². The van der Waals surface area contributed by atoms with Crippen molar-refractivity contribution in [3.05, 3.63) is 11.1 Å². The molecule has 5 rings (SSSR count). The molecule has 0 saturated heterocycles. The predicted molar refractivity (Wildman–Crippen MR) is 126 cm³/mol. The Morgan fingerprint density at radius 3 is 2.13 bits per heavy atom. The van der Waals surface area contributed by atoms with Gasteiger partial charge >= 0.3 is 11.8 Å². The summed E-state index contributed by atoms with van der Waals surface area (Å²) in [6.45, 7) is 2.80. The normalized spacial score (nSPS) is 28.6. The molecule has 1 aromatic heterocycles. The summed E-state index contributed by atoms with van der Waals surface area (Å²) in [4.78, 5) is 29.2.